The summed E-state index contributed by atoms with van der Waals surface area (Å²) in [6.07, 6.45) is 6.92. The molecule has 3 heterocycles. The number of nitrogens with one attached hydrogen (secondary N) is 1. The molecule has 3 rings (SSSR count). The zero-order chi connectivity index (χ0) is 15.0. The lowest BCUT2D eigenvalue weighted by Crippen LogP contribution is -2.51. The second-order valence-corrected chi connectivity index (χ2v) is 6.26. The van der Waals surface area contributed by atoms with E-state index in [0.29, 0.717) is 0 Å². The molecule has 0 spiro atoms. The van der Waals surface area contributed by atoms with Gasteiger partial charge in [-0.1, -0.05) is 6.92 Å². The molecule has 0 bridgehead atoms. The molecule has 1 amide bonds. The number of likely N-dealkylation sites (tertiary alicyclic amines) is 1. The second kappa shape index (κ2) is 5.77. The highest BCUT2D eigenvalue weighted by atomic mass is 16.2. The standard InChI is InChI=1S/C15H25N5O/c1-3-12(16)14(10-7-18-19(2)9-10)20-6-4-5-11-13(20)8-17-15(11)21/h7,9,11-14H,3-6,8,16H2,1-2H3,(H,17,21). The minimum absolute atomic E-state index is 0.0589. The van der Waals surface area contributed by atoms with Crippen molar-refractivity contribution >= 4 is 5.91 Å². The lowest BCUT2D eigenvalue weighted by Gasteiger charge is -2.43. The second-order valence-electron chi connectivity index (χ2n) is 6.26. The summed E-state index contributed by atoms with van der Waals surface area (Å²) < 4.78 is 1.82. The smallest absolute Gasteiger partial charge is 0.224 e. The minimum atomic E-state index is 0.0589. The van der Waals surface area contributed by atoms with E-state index in [0.717, 1.165) is 37.9 Å². The molecular formula is C15H25N5O. The highest BCUT2D eigenvalue weighted by molar-refractivity contribution is 5.82. The van der Waals surface area contributed by atoms with Gasteiger partial charge in [0.05, 0.1) is 18.2 Å². The monoisotopic (exact) mass is 291 g/mol. The fraction of sp³-hybridized carbons (Fsp3) is 0.733. The fourth-order valence-electron chi connectivity index (χ4n) is 3.83. The van der Waals surface area contributed by atoms with Gasteiger partial charge in [0.2, 0.25) is 5.91 Å². The number of piperidine rings is 1. The quantitative estimate of drug-likeness (QED) is 0.842. The molecule has 1 aromatic rings. The molecule has 6 heteroatoms. The van der Waals surface area contributed by atoms with E-state index in [4.69, 9.17) is 5.73 Å². The Morgan fingerprint density at radius 2 is 2.38 bits per heavy atom. The summed E-state index contributed by atoms with van der Waals surface area (Å²) in [7, 11) is 1.93. The molecule has 1 aromatic heterocycles. The number of carbonyl (C=O) groups excluding carboxylic acids is 1. The summed E-state index contributed by atoms with van der Waals surface area (Å²) >= 11 is 0. The largest absolute Gasteiger partial charge is 0.354 e. The van der Waals surface area contributed by atoms with Crippen LogP contribution in [0.15, 0.2) is 12.4 Å². The van der Waals surface area contributed by atoms with Crippen LogP contribution >= 0.6 is 0 Å². The molecule has 2 aliphatic rings. The predicted octanol–water partition coefficient (Wildman–Crippen LogP) is 0.409. The highest BCUT2D eigenvalue weighted by Crippen LogP contribution is 2.35. The summed E-state index contributed by atoms with van der Waals surface area (Å²) in [4.78, 5) is 14.4. The van der Waals surface area contributed by atoms with Gasteiger partial charge in [0.1, 0.15) is 0 Å². The van der Waals surface area contributed by atoms with Crippen LogP contribution < -0.4 is 11.1 Å². The van der Waals surface area contributed by atoms with Crippen molar-refractivity contribution in [3.05, 3.63) is 18.0 Å². The molecule has 116 valence electrons. The number of hydrogen-bond donors (Lipinski definition) is 2. The first-order chi connectivity index (χ1) is 10.1. The van der Waals surface area contributed by atoms with Crippen LogP contribution in [0.25, 0.3) is 0 Å². The SMILES string of the molecule is CCC(N)C(c1cnn(C)c1)N1CCCC2C(=O)NCC21. The summed E-state index contributed by atoms with van der Waals surface area (Å²) in [6.45, 7) is 3.87. The van der Waals surface area contributed by atoms with Crippen LogP contribution in [0.4, 0.5) is 0 Å². The molecule has 0 aliphatic carbocycles. The van der Waals surface area contributed by atoms with Gasteiger partial charge in [-0.3, -0.25) is 14.4 Å². The number of amides is 1. The van der Waals surface area contributed by atoms with Crippen LogP contribution in [-0.2, 0) is 11.8 Å². The van der Waals surface area contributed by atoms with Crippen molar-refractivity contribution in [2.24, 2.45) is 18.7 Å². The first-order valence-corrected chi connectivity index (χ1v) is 7.89. The highest BCUT2D eigenvalue weighted by Gasteiger charge is 2.44. The molecule has 0 saturated carbocycles. The molecule has 0 radical (unpaired) electrons. The third-order valence-electron chi connectivity index (χ3n) is 4.94. The van der Waals surface area contributed by atoms with Gasteiger partial charge in [0.15, 0.2) is 0 Å². The number of hydrogen-bond acceptors (Lipinski definition) is 4. The number of aromatic nitrogens is 2. The van der Waals surface area contributed by atoms with Gasteiger partial charge < -0.3 is 11.1 Å². The van der Waals surface area contributed by atoms with E-state index in [-0.39, 0.29) is 30.0 Å². The summed E-state index contributed by atoms with van der Waals surface area (Å²) in [6, 6.07) is 0.474. The molecular weight excluding hydrogens is 266 g/mol. The minimum Gasteiger partial charge on any atom is -0.354 e. The van der Waals surface area contributed by atoms with Crippen molar-refractivity contribution in [2.75, 3.05) is 13.1 Å². The van der Waals surface area contributed by atoms with E-state index in [1.807, 2.05) is 24.1 Å². The van der Waals surface area contributed by atoms with Crippen molar-refractivity contribution in [1.29, 1.82) is 0 Å². The normalized spacial score (nSPS) is 29.0. The van der Waals surface area contributed by atoms with Crippen LogP contribution in [0.2, 0.25) is 0 Å². The summed E-state index contributed by atoms with van der Waals surface area (Å²) in [5, 5.41) is 7.32. The number of aryl methyl sites for hydroxylation is 1. The van der Waals surface area contributed by atoms with Gasteiger partial charge in [-0.25, -0.2) is 0 Å². The summed E-state index contributed by atoms with van der Waals surface area (Å²) in [5.74, 6) is 0.335. The van der Waals surface area contributed by atoms with Gasteiger partial charge >= 0.3 is 0 Å². The number of rotatable bonds is 4. The molecule has 3 N–H and O–H groups in total. The van der Waals surface area contributed by atoms with Gasteiger partial charge in [0.25, 0.3) is 0 Å². The third kappa shape index (κ3) is 2.58. The fourth-order valence-corrected chi connectivity index (χ4v) is 3.83. The Morgan fingerprint density at radius 1 is 1.57 bits per heavy atom. The van der Waals surface area contributed by atoms with Gasteiger partial charge in [-0.2, -0.15) is 5.10 Å². The average Bonchev–Trinajstić information content (AvgIpc) is 3.07. The Bertz CT molecular complexity index is 514. The first-order valence-electron chi connectivity index (χ1n) is 7.89. The molecule has 0 aromatic carbocycles. The maximum Gasteiger partial charge on any atom is 0.224 e. The maximum atomic E-state index is 12.0. The molecule has 2 fully saturated rings. The Hall–Kier alpha value is -1.40. The van der Waals surface area contributed by atoms with Crippen LogP contribution in [0.1, 0.15) is 37.8 Å². The number of fused-ring (bicyclic) bond motifs is 1. The molecule has 4 atom stereocenters. The Morgan fingerprint density at radius 3 is 3.05 bits per heavy atom. The van der Waals surface area contributed by atoms with Crippen molar-refractivity contribution < 1.29 is 4.79 Å². The van der Waals surface area contributed by atoms with E-state index in [2.05, 4.69) is 22.2 Å². The van der Waals surface area contributed by atoms with Gasteiger partial charge in [0, 0.05) is 37.4 Å². The van der Waals surface area contributed by atoms with E-state index >= 15 is 0 Å². The average molecular weight is 291 g/mol. The lowest BCUT2D eigenvalue weighted by atomic mass is 9.87. The van der Waals surface area contributed by atoms with Gasteiger partial charge in [-0.05, 0) is 25.8 Å². The van der Waals surface area contributed by atoms with Crippen LogP contribution in [0, 0.1) is 5.92 Å². The Balaban J connectivity index is 1.90. The number of nitrogens with two attached hydrogens (primary N) is 1. The Labute approximate surface area is 125 Å². The first kappa shape index (κ1) is 14.5. The van der Waals surface area contributed by atoms with Crippen molar-refractivity contribution in [3.63, 3.8) is 0 Å². The molecule has 6 nitrogen and oxygen atoms in total. The van der Waals surface area contributed by atoms with E-state index in [1.54, 1.807) is 0 Å². The molecule has 2 aliphatic heterocycles. The van der Waals surface area contributed by atoms with Gasteiger partial charge in [-0.15, -0.1) is 0 Å². The number of nitrogens with zero attached hydrogens (tertiary/aromatic N) is 3. The maximum absolute atomic E-state index is 12.0. The molecule has 2 saturated heterocycles. The zero-order valence-electron chi connectivity index (χ0n) is 12.8. The predicted molar refractivity (Wildman–Crippen MR) is 80.4 cm³/mol. The van der Waals surface area contributed by atoms with E-state index in [1.165, 1.54) is 0 Å². The van der Waals surface area contributed by atoms with Crippen LogP contribution in [0.5, 0.6) is 0 Å². The molecule has 21 heavy (non-hydrogen) atoms. The van der Waals surface area contributed by atoms with Crippen LogP contribution in [0.3, 0.4) is 0 Å². The topological polar surface area (TPSA) is 76.2 Å². The summed E-state index contributed by atoms with van der Waals surface area (Å²) in [5.41, 5.74) is 7.58. The van der Waals surface area contributed by atoms with Crippen LogP contribution in [-0.4, -0.2) is 45.8 Å². The Kier molecular flexibility index (Phi) is 3.99. The zero-order valence-corrected chi connectivity index (χ0v) is 12.8. The number of carbonyl (C=O) groups is 1. The lowest BCUT2D eigenvalue weighted by molar-refractivity contribution is -0.124. The van der Waals surface area contributed by atoms with E-state index < -0.39 is 0 Å². The third-order valence-corrected chi connectivity index (χ3v) is 4.94. The molecule has 4 unspecified atom stereocenters. The van der Waals surface area contributed by atoms with E-state index in [9.17, 15) is 4.79 Å². The van der Waals surface area contributed by atoms with Crippen molar-refractivity contribution in [1.82, 2.24) is 20.0 Å². The van der Waals surface area contributed by atoms with Crippen molar-refractivity contribution in [3.8, 4) is 0 Å². The van der Waals surface area contributed by atoms with Crippen molar-refractivity contribution in [2.45, 2.75) is 44.3 Å².